The number of carbonyl (C=O) groups excluding carboxylic acids is 1. The molecule has 3 rings (SSSR count). The highest BCUT2D eigenvalue weighted by Gasteiger charge is 2.26. The third-order valence-corrected chi connectivity index (χ3v) is 5.44. The standard InChI is InChI=1S/C18H22N2O3S/c1-12(20-8-6-17-13(11-20)7-9-24-17)18(21)19-14-4-5-15(22-2)16(10-14)23-3/h4-5,7,9-10,12H,6,8,11H2,1-3H3,(H,19,21)/t12-/m1/s1. The number of ether oxygens (including phenoxy) is 2. The summed E-state index contributed by atoms with van der Waals surface area (Å²) in [7, 11) is 3.17. The molecule has 1 aromatic heterocycles. The largest absolute Gasteiger partial charge is 0.493 e. The molecule has 6 heteroatoms. The molecule has 0 spiro atoms. The molecule has 0 saturated carbocycles. The molecule has 1 aromatic carbocycles. The summed E-state index contributed by atoms with van der Waals surface area (Å²) in [5.41, 5.74) is 2.05. The maximum atomic E-state index is 12.6. The number of thiophene rings is 1. The van der Waals surface area contributed by atoms with E-state index in [1.807, 2.05) is 13.0 Å². The maximum Gasteiger partial charge on any atom is 0.241 e. The minimum Gasteiger partial charge on any atom is -0.493 e. The molecule has 24 heavy (non-hydrogen) atoms. The van der Waals surface area contributed by atoms with Gasteiger partial charge in [-0.25, -0.2) is 0 Å². The van der Waals surface area contributed by atoms with Crippen molar-refractivity contribution in [1.82, 2.24) is 4.90 Å². The highest BCUT2D eigenvalue weighted by atomic mass is 32.1. The van der Waals surface area contributed by atoms with E-state index in [9.17, 15) is 4.79 Å². The predicted octanol–water partition coefficient (Wildman–Crippen LogP) is 3.15. The molecule has 1 amide bonds. The van der Waals surface area contributed by atoms with Gasteiger partial charge in [-0.1, -0.05) is 0 Å². The summed E-state index contributed by atoms with van der Waals surface area (Å²) in [6, 6.07) is 7.35. The van der Waals surface area contributed by atoms with Crippen LogP contribution >= 0.6 is 11.3 Å². The van der Waals surface area contributed by atoms with E-state index in [4.69, 9.17) is 9.47 Å². The summed E-state index contributed by atoms with van der Waals surface area (Å²) in [6.07, 6.45) is 1.01. The van der Waals surface area contributed by atoms with Gasteiger partial charge < -0.3 is 14.8 Å². The van der Waals surface area contributed by atoms with Crippen molar-refractivity contribution in [3.05, 3.63) is 40.1 Å². The molecule has 0 saturated heterocycles. The number of carbonyl (C=O) groups is 1. The first-order chi connectivity index (χ1) is 11.6. The van der Waals surface area contributed by atoms with Gasteiger partial charge in [0, 0.05) is 29.7 Å². The van der Waals surface area contributed by atoms with Crippen molar-refractivity contribution < 1.29 is 14.3 Å². The van der Waals surface area contributed by atoms with Gasteiger partial charge in [0.15, 0.2) is 11.5 Å². The monoisotopic (exact) mass is 346 g/mol. The molecule has 1 aliphatic heterocycles. The Morgan fingerprint density at radius 2 is 2.04 bits per heavy atom. The summed E-state index contributed by atoms with van der Waals surface area (Å²) >= 11 is 1.80. The van der Waals surface area contributed by atoms with Crippen molar-refractivity contribution in [2.24, 2.45) is 0 Å². The second-order valence-corrected chi connectivity index (χ2v) is 6.83. The van der Waals surface area contributed by atoms with Gasteiger partial charge in [0.05, 0.1) is 20.3 Å². The Balaban J connectivity index is 1.66. The van der Waals surface area contributed by atoms with Gasteiger partial charge in [0.1, 0.15) is 0 Å². The second-order valence-electron chi connectivity index (χ2n) is 5.82. The fraction of sp³-hybridized carbons (Fsp3) is 0.389. The Kier molecular flexibility index (Phi) is 5.06. The van der Waals surface area contributed by atoms with Gasteiger partial charge in [-0.05, 0) is 42.5 Å². The van der Waals surface area contributed by atoms with Crippen LogP contribution in [0.5, 0.6) is 11.5 Å². The second kappa shape index (κ2) is 7.23. The summed E-state index contributed by atoms with van der Waals surface area (Å²) in [5, 5.41) is 5.10. The lowest BCUT2D eigenvalue weighted by Gasteiger charge is -2.31. The number of nitrogens with one attached hydrogen (secondary N) is 1. The Hall–Kier alpha value is -2.05. The van der Waals surface area contributed by atoms with Crippen LogP contribution in [-0.2, 0) is 17.8 Å². The normalized spacial score (nSPS) is 15.5. The van der Waals surface area contributed by atoms with Crippen LogP contribution in [0.2, 0.25) is 0 Å². The fourth-order valence-electron chi connectivity index (χ4n) is 2.93. The predicted molar refractivity (Wildman–Crippen MR) is 96.1 cm³/mol. The van der Waals surface area contributed by atoms with Crippen molar-refractivity contribution in [3.8, 4) is 11.5 Å². The lowest BCUT2D eigenvalue weighted by molar-refractivity contribution is -0.121. The van der Waals surface area contributed by atoms with Gasteiger partial charge >= 0.3 is 0 Å². The first-order valence-corrected chi connectivity index (χ1v) is 8.82. The Morgan fingerprint density at radius 3 is 2.79 bits per heavy atom. The lowest BCUT2D eigenvalue weighted by atomic mass is 10.1. The molecule has 0 radical (unpaired) electrons. The first-order valence-electron chi connectivity index (χ1n) is 7.94. The molecular formula is C18H22N2O3S. The molecular weight excluding hydrogens is 324 g/mol. The van der Waals surface area contributed by atoms with Crippen LogP contribution in [0.4, 0.5) is 5.69 Å². The van der Waals surface area contributed by atoms with Gasteiger partial charge in [0.25, 0.3) is 0 Å². The van der Waals surface area contributed by atoms with E-state index in [2.05, 4.69) is 21.7 Å². The van der Waals surface area contributed by atoms with Crippen molar-refractivity contribution >= 4 is 22.9 Å². The Morgan fingerprint density at radius 1 is 1.25 bits per heavy atom. The van der Waals surface area contributed by atoms with Crippen molar-refractivity contribution in [1.29, 1.82) is 0 Å². The quantitative estimate of drug-likeness (QED) is 0.904. The van der Waals surface area contributed by atoms with E-state index >= 15 is 0 Å². The maximum absolute atomic E-state index is 12.6. The molecule has 0 unspecified atom stereocenters. The number of fused-ring (bicyclic) bond motifs is 1. The number of benzene rings is 1. The molecule has 2 heterocycles. The minimum absolute atomic E-state index is 0.0131. The molecule has 0 aliphatic carbocycles. The first kappa shape index (κ1) is 16.8. The summed E-state index contributed by atoms with van der Waals surface area (Å²) in [5.74, 6) is 1.23. The molecule has 1 atom stereocenters. The number of methoxy groups -OCH3 is 2. The third kappa shape index (κ3) is 3.39. The number of rotatable bonds is 5. The van der Waals surface area contributed by atoms with Crippen LogP contribution in [0.3, 0.4) is 0 Å². The van der Waals surface area contributed by atoms with Crippen molar-refractivity contribution in [2.75, 3.05) is 26.1 Å². The average molecular weight is 346 g/mol. The van der Waals surface area contributed by atoms with E-state index in [-0.39, 0.29) is 11.9 Å². The number of anilines is 1. The van der Waals surface area contributed by atoms with Crippen LogP contribution in [0, 0.1) is 0 Å². The van der Waals surface area contributed by atoms with Crippen molar-refractivity contribution in [2.45, 2.75) is 25.9 Å². The molecule has 1 aliphatic rings. The van der Waals surface area contributed by atoms with E-state index in [1.165, 1.54) is 10.4 Å². The zero-order chi connectivity index (χ0) is 17.1. The topological polar surface area (TPSA) is 50.8 Å². The molecule has 2 aromatic rings. The molecule has 128 valence electrons. The van der Waals surface area contributed by atoms with E-state index in [0.29, 0.717) is 17.2 Å². The van der Waals surface area contributed by atoms with Crippen LogP contribution in [0.1, 0.15) is 17.4 Å². The molecule has 1 N–H and O–H groups in total. The van der Waals surface area contributed by atoms with Gasteiger partial charge in [-0.2, -0.15) is 0 Å². The summed E-state index contributed by atoms with van der Waals surface area (Å²) < 4.78 is 10.5. The SMILES string of the molecule is COc1ccc(NC(=O)[C@@H](C)N2CCc3sccc3C2)cc1OC. The van der Waals surface area contributed by atoms with Crippen LogP contribution in [0.15, 0.2) is 29.6 Å². The van der Waals surface area contributed by atoms with Crippen LogP contribution in [0.25, 0.3) is 0 Å². The van der Waals surface area contributed by atoms with Gasteiger partial charge in [-0.3, -0.25) is 9.69 Å². The molecule has 0 bridgehead atoms. The lowest BCUT2D eigenvalue weighted by Crippen LogP contribution is -2.44. The van der Waals surface area contributed by atoms with Crippen molar-refractivity contribution in [3.63, 3.8) is 0 Å². The molecule has 0 fully saturated rings. The van der Waals surface area contributed by atoms with Crippen LogP contribution in [-0.4, -0.2) is 37.6 Å². The smallest absolute Gasteiger partial charge is 0.241 e. The zero-order valence-electron chi connectivity index (χ0n) is 14.2. The highest BCUT2D eigenvalue weighted by molar-refractivity contribution is 7.10. The van der Waals surface area contributed by atoms with Gasteiger partial charge in [0.2, 0.25) is 5.91 Å². The Labute approximate surface area is 146 Å². The number of amides is 1. The highest BCUT2D eigenvalue weighted by Crippen LogP contribution is 2.30. The minimum atomic E-state index is -0.189. The zero-order valence-corrected chi connectivity index (χ0v) is 15.0. The van der Waals surface area contributed by atoms with E-state index in [1.54, 1.807) is 37.7 Å². The van der Waals surface area contributed by atoms with E-state index in [0.717, 1.165) is 19.5 Å². The van der Waals surface area contributed by atoms with Gasteiger partial charge in [-0.15, -0.1) is 11.3 Å². The van der Waals surface area contributed by atoms with Crippen LogP contribution < -0.4 is 14.8 Å². The number of hydrogen-bond acceptors (Lipinski definition) is 5. The summed E-state index contributed by atoms with van der Waals surface area (Å²) in [4.78, 5) is 16.3. The molecule has 5 nitrogen and oxygen atoms in total. The average Bonchev–Trinajstić information content (AvgIpc) is 3.08. The number of nitrogens with zero attached hydrogens (tertiary/aromatic N) is 1. The van der Waals surface area contributed by atoms with E-state index < -0.39 is 0 Å². The number of hydrogen-bond donors (Lipinski definition) is 1. The fourth-order valence-corrected chi connectivity index (χ4v) is 3.82. The Bertz CT molecular complexity index is 729. The third-order valence-electron chi connectivity index (χ3n) is 4.42. The summed E-state index contributed by atoms with van der Waals surface area (Å²) in [6.45, 7) is 3.70.